The van der Waals surface area contributed by atoms with E-state index in [9.17, 15) is 4.79 Å². The van der Waals surface area contributed by atoms with E-state index >= 15 is 0 Å². The van der Waals surface area contributed by atoms with Crippen molar-refractivity contribution in [3.8, 4) is 11.8 Å². The second-order valence-corrected chi connectivity index (χ2v) is 3.94. The van der Waals surface area contributed by atoms with Crippen LogP contribution in [-0.4, -0.2) is 27.3 Å². The minimum atomic E-state index is -0.541. The third-order valence-corrected chi connectivity index (χ3v) is 2.60. The van der Waals surface area contributed by atoms with Crippen molar-refractivity contribution in [2.45, 2.75) is 20.8 Å². The molecule has 0 unspecified atom stereocenters. The van der Waals surface area contributed by atoms with Crippen LogP contribution in [-0.2, 0) is 11.8 Å². The number of esters is 1. The molecule has 0 saturated carbocycles. The first-order chi connectivity index (χ1) is 9.02. The maximum Gasteiger partial charge on any atom is 0.400 e. The lowest BCUT2D eigenvalue weighted by Gasteiger charge is -2.00. The molecule has 7 heteroatoms. The fourth-order valence-electron chi connectivity index (χ4n) is 1.59. The summed E-state index contributed by atoms with van der Waals surface area (Å²) in [5.41, 5.74) is 1.64. The monoisotopic (exact) mass is 265 g/mol. The van der Waals surface area contributed by atoms with Gasteiger partial charge in [0.05, 0.1) is 12.3 Å². The fraction of sp³-hybridized carbons (Fsp3) is 0.417. The van der Waals surface area contributed by atoms with Gasteiger partial charge in [0, 0.05) is 7.05 Å². The topological polar surface area (TPSA) is 79.4 Å². The fourth-order valence-corrected chi connectivity index (χ4v) is 1.59. The summed E-state index contributed by atoms with van der Waals surface area (Å²) in [4.78, 5) is 15.3. The number of nitrogens with zero attached hydrogens (tertiary/aromatic N) is 3. The largest absolute Gasteiger partial charge is 0.461 e. The van der Waals surface area contributed by atoms with E-state index < -0.39 is 5.97 Å². The molecule has 102 valence electrons. The summed E-state index contributed by atoms with van der Waals surface area (Å²) in [6, 6.07) is 0. The molecule has 0 N–H and O–H groups in total. The molecule has 7 nitrogen and oxygen atoms in total. The van der Waals surface area contributed by atoms with E-state index in [2.05, 4.69) is 10.1 Å². The van der Waals surface area contributed by atoms with Crippen molar-refractivity contribution in [1.29, 1.82) is 0 Å². The van der Waals surface area contributed by atoms with Gasteiger partial charge in [-0.2, -0.15) is 10.1 Å². The van der Waals surface area contributed by atoms with Crippen LogP contribution >= 0.6 is 0 Å². The van der Waals surface area contributed by atoms with Crippen LogP contribution in [0.1, 0.15) is 28.8 Å². The van der Waals surface area contributed by atoms with Gasteiger partial charge in [-0.25, -0.2) is 4.79 Å². The average Bonchev–Trinajstić information content (AvgIpc) is 2.91. The van der Waals surface area contributed by atoms with Crippen LogP contribution in [0.4, 0.5) is 0 Å². The van der Waals surface area contributed by atoms with Crippen molar-refractivity contribution in [2.24, 2.45) is 7.05 Å². The number of aromatic nitrogens is 3. The first kappa shape index (κ1) is 13.1. The number of aryl methyl sites for hydroxylation is 2. The van der Waals surface area contributed by atoms with Crippen molar-refractivity contribution in [3.05, 3.63) is 23.3 Å². The zero-order chi connectivity index (χ0) is 14.0. The number of oxazole rings is 1. The van der Waals surface area contributed by atoms with Gasteiger partial charge in [-0.1, -0.05) is 0 Å². The Morgan fingerprint density at radius 1 is 1.47 bits per heavy atom. The molecular weight excluding hydrogens is 250 g/mol. The Balaban J connectivity index is 2.18. The third-order valence-electron chi connectivity index (χ3n) is 2.60. The predicted octanol–water partition coefficient (Wildman–Crippen LogP) is 1.99. The predicted molar refractivity (Wildman–Crippen MR) is 65.2 cm³/mol. The third kappa shape index (κ3) is 2.59. The number of carbonyl (C=O) groups excluding carboxylic acids is 1. The van der Waals surface area contributed by atoms with E-state index in [4.69, 9.17) is 13.9 Å². The molecule has 0 spiro atoms. The summed E-state index contributed by atoms with van der Waals surface area (Å²) in [6.07, 6.45) is 1.19. The highest BCUT2D eigenvalue weighted by atomic mass is 16.6. The molecule has 0 aliphatic carbocycles. The second-order valence-electron chi connectivity index (χ2n) is 3.94. The van der Waals surface area contributed by atoms with E-state index in [1.807, 2.05) is 20.9 Å². The SMILES string of the molecule is CCOC(=O)c1coc(Oc2c(C)nn(C)c2C)n1. The number of carbonyl (C=O) groups is 1. The number of hydrogen-bond donors (Lipinski definition) is 0. The minimum absolute atomic E-state index is 0.0118. The van der Waals surface area contributed by atoms with E-state index in [-0.39, 0.29) is 18.4 Å². The molecule has 19 heavy (non-hydrogen) atoms. The Morgan fingerprint density at radius 3 is 2.79 bits per heavy atom. The van der Waals surface area contributed by atoms with E-state index in [0.717, 1.165) is 11.4 Å². The Morgan fingerprint density at radius 2 is 2.21 bits per heavy atom. The van der Waals surface area contributed by atoms with Crippen molar-refractivity contribution in [1.82, 2.24) is 14.8 Å². The highest BCUT2D eigenvalue weighted by Crippen LogP contribution is 2.27. The van der Waals surface area contributed by atoms with Gasteiger partial charge in [-0.15, -0.1) is 0 Å². The zero-order valence-electron chi connectivity index (χ0n) is 11.3. The van der Waals surface area contributed by atoms with Gasteiger partial charge in [0.25, 0.3) is 0 Å². The standard InChI is InChI=1S/C12H15N3O4/c1-5-17-11(16)9-6-18-12(13-9)19-10-7(2)14-15(4)8(10)3/h6H,5H2,1-4H3. The molecule has 0 aliphatic rings. The Hall–Kier alpha value is -2.31. The van der Waals surface area contributed by atoms with Crippen molar-refractivity contribution in [2.75, 3.05) is 6.61 Å². The summed E-state index contributed by atoms with van der Waals surface area (Å²) < 4.78 is 17.1. The van der Waals surface area contributed by atoms with E-state index in [0.29, 0.717) is 5.75 Å². The van der Waals surface area contributed by atoms with Gasteiger partial charge in [-0.05, 0) is 20.8 Å². The maximum absolute atomic E-state index is 11.4. The van der Waals surface area contributed by atoms with Crippen LogP contribution in [0.3, 0.4) is 0 Å². The second kappa shape index (κ2) is 5.13. The molecular formula is C12H15N3O4. The van der Waals surface area contributed by atoms with Gasteiger partial charge in [0.15, 0.2) is 11.4 Å². The molecule has 0 atom stereocenters. The van der Waals surface area contributed by atoms with Crippen LogP contribution < -0.4 is 4.74 Å². The highest BCUT2D eigenvalue weighted by Gasteiger charge is 2.18. The quantitative estimate of drug-likeness (QED) is 0.786. The van der Waals surface area contributed by atoms with Crippen molar-refractivity contribution >= 4 is 5.97 Å². The molecule has 2 aromatic heterocycles. The Labute approximate surface area is 110 Å². The molecule has 2 heterocycles. The smallest absolute Gasteiger partial charge is 0.400 e. The van der Waals surface area contributed by atoms with Crippen molar-refractivity contribution in [3.63, 3.8) is 0 Å². The van der Waals surface area contributed by atoms with Crippen LogP contribution in [0.15, 0.2) is 10.7 Å². The highest BCUT2D eigenvalue weighted by molar-refractivity contribution is 5.86. The summed E-state index contributed by atoms with van der Waals surface area (Å²) in [5.74, 6) is 0.0282. The molecule has 2 rings (SSSR count). The van der Waals surface area contributed by atoms with Crippen LogP contribution in [0.5, 0.6) is 11.8 Å². The molecule has 0 amide bonds. The summed E-state index contributed by atoms with van der Waals surface area (Å²) in [6.45, 7) is 5.68. The van der Waals surface area contributed by atoms with Gasteiger partial charge in [0.1, 0.15) is 12.0 Å². The maximum atomic E-state index is 11.4. The van der Waals surface area contributed by atoms with Crippen LogP contribution in [0.2, 0.25) is 0 Å². The summed E-state index contributed by atoms with van der Waals surface area (Å²) in [7, 11) is 1.81. The summed E-state index contributed by atoms with van der Waals surface area (Å²) in [5, 5.41) is 4.21. The van der Waals surface area contributed by atoms with Gasteiger partial charge in [-0.3, -0.25) is 4.68 Å². The van der Waals surface area contributed by atoms with Crippen LogP contribution in [0.25, 0.3) is 0 Å². The zero-order valence-corrected chi connectivity index (χ0v) is 11.3. The van der Waals surface area contributed by atoms with Crippen LogP contribution in [0, 0.1) is 13.8 Å². The first-order valence-electron chi connectivity index (χ1n) is 5.83. The Kier molecular flexibility index (Phi) is 3.55. The molecule has 0 bridgehead atoms. The lowest BCUT2D eigenvalue weighted by molar-refractivity contribution is 0.0519. The molecule has 0 saturated heterocycles. The normalized spacial score (nSPS) is 10.5. The molecule has 0 aromatic carbocycles. The molecule has 0 fully saturated rings. The van der Waals surface area contributed by atoms with E-state index in [1.54, 1.807) is 11.6 Å². The number of ether oxygens (including phenoxy) is 2. The lowest BCUT2D eigenvalue weighted by atomic mass is 10.3. The molecule has 0 radical (unpaired) electrons. The van der Waals surface area contributed by atoms with Gasteiger partial charge in [0.2, 0.25) is 0 Å². The minimum Gasteiger partial charge on any atom is -0.461 e. The first-order valence-corrected chi connectivity index (χ1v) is 5.83. The Bertz CT molecular complexity index is 600. The molecule has 2 aromatic rings. The average molecular weight is 265 g/mol. The number of hydrogen-bond acceptors (Lipinski definition) is 6. The number of rotatable bonds is 4. The van der Waals surface area contributed by atoms with Gasteiger partial charge < -0.3 is 13.9 Å². The van der Waals surface area contributed by atoms with E-state index in [1.165, 1.54) is 6.26 Å². The molecule has 0 aliphatic heterocycles. The lowest BCUT2D eigenvalue weighted by Crippen LogP contribution is -2.04. The summed E-state index contributed by atoms with van der Waals surface area (Å²) >= 11 is 0. The van der Waals surface area contributed by atoms with Crippen molar-refractivity contribution < 1.29 is 18.7 Å². The van der Waals surface area contributed by atoms with Gasteiger partial charge >= 0.3 is 12.0 Å².